The van der Waals surface area contributed by atoms with Gasteiger partial charge in [0, 0.05) is 19.1 Å². The molecule has 2 heterocycles. The Morgan fingerprint density at radius 1 is 0.750 bits per heavy atom. The predicted molar refractivity (Wildman–Crippen MR) is 111 cm³/mol. The summed E-state index contributed by atoms with van der Waals surface area (Å²) in [5.41, 5.74) is 3.35. The first-order valence-electron chi connectivity index (χ1n) is 11.1. The molecule has 0 bridgehead atoms. The second-order valence-corrected chi connectivity index (χ2v) is 8.62. The lowest BCUT2D eigenvalue weighted by Crippen LogP contribution is -2.43. The summed E-state index contributed by atoms with van der Waals surface area (Å²) >= 11 is 0. The van der Waals surface area contributed by atoms with Gasteiger partial charge in [0.05, 0.1) is 5.57 Å². The number of hydrogen-bond acceptors (Lipinski definition) is 3. The molecule has 150 valence electrons. The maximum absolute atomic E-state index is 13.6. The number of carbonyl (C=O) groups is 2. The van der Waals surface area contributed by atoms with E-state index in [9.17, 15) is 9.59 Å². The van der Waals surface area contributed by atoms with Crippen LogP contribution in [0.1, 0.15) is 75.3 Å². The third-order valence-electron chi connectivity index (χ3n) is 6.54. The number of piperidine rings is 1. The Balaban J connectivity index is 1.71. The Kier molecular flexibility index (Phi) is 5.84. The molecule has 0 unspecified atom stereocenters. The minimum Gasteiger partial charge on any atom is -0.366 e. The molecule has 0 spiro atoms. The number of hydrogen-bond donors (Lipinski definition) is 0. The van der Waals surface area contributed by atoms with Gasteiger partial charge in [0.1, 0.15) is 5.70 Å². The van der Waals surface area contributed by atoms with Gasteiger partial charge >= 0.3 is 0 Å². The molecule has 2 fully saturated rings. The van der Waals surface area contributed by atoms with Crippen molar-refractivity contribution < 1.29 is 9.59 Å². The summed E-state index contributed by atoms with van der Waals surface area (Å²) in [6.45, 7) is 3.80. The molecular weight excluding hydrogens is 348 g/mol. The van der Waals surface area contributed by atoms with Gasteiger partial charge < -0.3 is 4.90 Å². The first kappa shape index (κ1) is 19.2. The average molecular weight is 381 g/mol. The van der Waals surface area contributed by atoms with Crippen LogP contribution in [0.5, 0.6) is 0 Å². The number of benzene rings is 1. The molecule has 1 aromatic carbocycles. The maximum Gasteiger partial charge on any atom is 0.278 e. The minimum absolute atomic E-state index is 0.0481. The van der Waals surface area contributed by atoms with E-state index >= 15 is 0 Å². The topological polar surface area (TPSA) is 40.6 Å². The Morgan fingerprint density at radius 3 is 1.96 bits per heavy atom. The van der Waals surface area contributed by atoms with E-state index in [4.69, 9.17) is 0 Å². The van der Waals surface area contributed by atoms with Gasteiger partial charge in [0.2, 0.25) is 0 Å². The van der Waals surface area contributed by atoms with Crippen LogP contribution in [0.4, 0.5) is 0 Å². The number of carbonyl (C=O) groups excluding carboxylic acids is 2. The van der Waals surface area contributed by atoms with Crippen LogP contribution in [0, 0.1) is 6.92 Å². The van der Waals surface area contributed by atoms with Gasteiger partial charge in [-0.15, -0.1) is 0 Å². The largest absolute Gasteiger partial charge is 0.366 e. The third kappa shape index (κ3) is 3.74. The van der Waals surface area contributed by atoms with Crippen LogP contribution in [0.3, 0.4) is 0 Å². The SMILES string of the molecule is Cc1ccc(C2=C(N3CCCCC3)C(=O)N(C3CCCCCCC3)C2=O)cc1. The normalized spacial score (nSPS) is 22.6. The molecule has 4 nitrogen and oxygen atoms in total. The molecular formula is C24H32N2O2. The molecule has 1 aromatic rings. The summed E-state index contributed by atoms with van der Waals surface area (Å²) in [5, 5.41) is 0. The van der Waals surface area contributed by atoms with E-state index in [0.29, 0.717) is 11.3 Å². The monoisotopic (exact) mass is 380 g/mol. The van der Waals surface area contributed by atoms with Gasteiger partial charge in [-0.2, -0.15) is 0 Å². The predicted octanol–water partition coefficient (Wildman–Crippen LogP) is 4.67. The Morgan fingerprint density at radius 2 is 1.32 bits per heavy atom. The van der Waals surface area contributed by atoms with E-state index in [1.165, 1.54) is 25.7 Å². The molecule has 0 N–H and O–H groups in total. The molecule has 2 amide bonds. The summed E-state index contributed by atoms with van der Waals surface area (Å²) in [7, 11) is 0. The van der Waals surface area contributed by atoms with Crippen LogP contribution in [0.2, 0.25) is 0 Å². The highest BCUT2D eigenvalue weighted by atomic mass is 16.2. The fourth-order valence-corrected chi connectivity index (χ4v) is 4.95. The highest BCUT2D eigenvalue weighted by molar-refractivity contribution is 6.35. The average Bonchev–Trinajstić information content (AvgIpc) is 2.94. The minimum atomic E-state index is -0.0694. The van der Waals surface area contributed by atoms with Crippen molar-refractivity contribution in [3.63, 3.8) is 0 Å². The van der Waals surface area contributed by atoms with Crippen molar-refractivity contribution in [1.29, 1.82) is 0 Å². The lowest BCUT2D eigenvalue weighted by atomic mass is 9.95. The molecule has 4 rings (SSSR count). The molecule has 3 aliphatic rings. The van der Waals surface area contributed by atoms with E-state index in [1.807, 2.05) is 31.2 Å². The van der Waals surface area contributed by atoms with Crippen LogP contribution < -0.4 is 0 Å². The van der Waals surface area contributed by atoms with Gasteiger partial charge in [-0.3, -0.25) is 14.5 Å². The Hall–Kier alpha value is -2.10. The van der Waals surface area contributed by atoms with E-state index in [2.05, 4.69) is 4.90 Å². The summed E-state index contributed by atoms with van der Waals surface area (Å²) in [6, 6.07) is 8.13. The van der Waals surface area contributed by atoms with Crippen molar-refractivity contribution in [3.8, 4) is 0 Å². The molecule has 1 saturated heterocycles. The number of imide groups is 1. The lowest BCUT2D eigenvalue weighted by molar-refractivity contribution is -0.140. The molecule has 0 aromatic heterocycles. The van der Waals surface area contributed by atoms with E-state index in [1.54, 1.807) is 4.90 Å². The van der Waals surface area contributed by atoms with Crippen molar-refractivity contribution in [3.05, 3.63) is 41.1 Å². The van der Waals surface area contributed by atoms with Gasteiger partial charge in [-0.05, 0) is 44.6 Å². The molecule has 0 radical (unpaired) electrons. The number of likely N-dealkylation sites (tertiary alicyclic amines) is 1. The van der Waals surface area contributed by atoms with Crippen molar-refractivity contribution in [1.82, 2.24) is 9.80 Å². The highest BCUT2D eigenvalue weighted by Crippen LogP contribution is 2.36. The Bertz CT molecular complexity index is 751. The number of rotatable bonds is 3. The van der Waals surface area contributed by atoms with Gasteiger partial charge in [0.15, 0.2) is 0 Å². The van der Waals surface area contributed by atoms with Gasteiger partial charge in [-0.25, -0.2) is 0 Å². The van der Waals surface area contributed by atoms with Crippen LogP contribution in [-0.4, -0.2) is 40.7 Å². The zero-order valence-corrected chi connectivity index (χ0v) is 17.1. The molecule has 2 aliphatic heterocycles. The summed E-state index contributed by atoms with van der Waals surface area (Å²) in [5.74, 6) is -0.118. The fraction of sp³-hybridized carbons (Fsp3) is 0.583. The van der Waals surface area contributed by atoms with Crippen molar-refractivity contribution in [2.45, 2.75) is 77.2 Å². The third-order valence-corrected chi connectivity index (χ3v) is 6.54. The van der Waals surface area contributed by atoms with Gasteiger partial charge in [-0.1, -0.05) is 61.9 Å². The first-order chi connectivity index (χ1) is 13.7. The molecule has 4 heteroatoms. The summed E-state index contributed by atoms with van der Waals surface area (Å²) in [6.07, 6.45) is 11.2. The first-order valence-corrected chi connectivity index (χ1v) is 11.1. The van der Waals surface area contributed by atoms with E-state index in [0.717, 1.165) is 62.7 Å². The molecule has 1 aliphatic carbocycles. The Labute approximate surface area is 168 Å². The van der Waals surface area contributed by atoms with Crippen molar-refractivity contribution in [2.75, 3.05) is 13.1 Å². The number of nitrogens with zero attached hydrogens (tertiary/aromatic N) is 2. The summed E-state index contributed by atoms with van der Waals surface area (Å²) in [4.78, 5) is 31.0. The lowest BCUT2D eigenvalue weighted by Gasteiger charge is -2.31. The van der Waals surface area contributed by atoms with E-state index < -0.39 is 0 Å². The molecule has 1 saturated carbocycles. The van der Waals surface area contributed by atoms with Crippen molar-refractivity contribution in [2.24, 2.45) is 0 Å². The maximum atomic E-state index is 13.6. The zero-order chi connectivity index (χ0) is 19.5. The number of aryl methyl sites for hydroxylation is 1. The molecule has 0 atom stereocenters. The van der Waals surface area contributed by atoms with Crippen LogP contribution in [0.25, 0.3) is 5.57 Å². The van der Waals surface area contributed by atoms with Crippen LogP contribution in [0.15, 0.2) is 30.0 Å². The molecule has 28 heavy (non-hydrogen) atoms. The van der Waals surface area contributed by atoms with E-state index in [-0.39, 0.29) is 17.9 Å². The fourth-order valence-electron chi connectivity index (χ4n) is 4.95. The highest BCUT2D eigenvalue weighted by Gasteiger charge is 2.44. The second-order valence-electron chi connectivity index (χ2n) is 8.62. The van der Waals surface area contributed by atoms with Crippen LogP contribution >= 0.6 is 0 Å². The quantitative estimate of drug-likeness (QED) is 0.715. The standard InChI is InChI=1S/C24H32N2O2/c1-18-12-14-19(15-13-18)21-22(25-16-8-5-9-17-25)24(28)26(23(21)27)20-10-6-3-2-4-7-11-20/h12-15,20H,2-11,16-17H2,1H3. The summed E-state index contributed by atoms with van der Waals surface area (Å²) < 4.78 is 0. The zero-order valence-electron chi connectivity index (χ0n) is 17.1. The number of amides is 2. The van der Waals surface area contributed by atoms with Gasteiger partial charge in [0.25, 0.3) is 11.8 Å². The van der Waals surface area contributed by atoms with Crippen molar-refractivity contribution >= 4 is 17.4 Å². The smallest absolute Gasteiger partial charge is 0.278 e. The second kappa shape index (κ2) is 8.50. The van der Waals surface area contributed by atoms with Crippen LogP contribution in [-0.2, 0) is 9.59 Å².